The number of halogens is 3. The maximum absolute atomic E-state index is 12.8. The van der Waals surface area contributed by atoms with Crippen molar-refractivity contribution in [3.8, 4) is 17.4 Å². The number of hydrogen-bond donors (Lipinski definition) is 1. The molecule has 0 aliphatic rings. The number of carbonyl (C=O) groups is 1. The molecule has 7 nitrogen and oxygen atoms in total. The highest BCUT2D eigenvalue weighted by molar-refractivity contribution is 6.09. The molecular weight excluding hydrogens is 415 g/mol. The zero-order chi connectivity index (χ0) is 22.6. The molecule has 1 aromatic heterocycles. The van der Waals surface area contributed by atoms with E-state index >= 15 is 0 Å². The van der Waals surface area contributed by atoms with Crippen molar-refractivity contribution in [2.45, 2.75) is 6.18 Å². The molecule has 0 aliphatic heterocycles. The Labute approximate surface area is 173 Å². The Bertz CT molecular complexity index is 1210. The fourth-order valence-corrected chi connectivity index (χ4v) is 2.60. The standard InChI is InChI=1S/C21H12F3N3O4/c22-21(23,24)15-2-1-3-16(11-15)26-20(28)14(12-25)10-18-8-9-19(31-18)13-4-6-17(7-5-13)27(29)30/h1-11H,(H,26,28). The highest BCUT2D eigenvalue weighted by Gasteiger charge is 2.30. The minimum absolute atomic E-state index is 0.0894. The first-order valence-corrected chi connectivity index (χ1v) is 8.62. The van der Waals surface area contributed by atoms with E-state index in [4.69, 9.17) is 4.42 Å². The molecule has 10 heteroatoms. The van der Waals surface area contributed by atoms with Crippen LogP contribution in [0.15, 0.2) is 70.7 Å². The van der Waals surface area contributed by atoms with Gasteiger partial charge in [0, 0.05) is 29.5 Å². The average Bonchev–Trinajstić information content (AvgIpc) is 3.20. The van der Waals surface area contributed by atoms with Gasteiger partial charge in [-0.15, -0.1) is 0 Å². The summed E-state index contributed by atoms with van der Waals surface area (Å²) in [6, 6.07) is 14.3. The quantitative estimate of drug-likeness (QED) is 0.253. The summed E-state index contributed by atoms with van der Waals surface area (Å²) in [6.45, 7) is 0. The van der Waals surface area contributed by atoms with E-state index in [9.17, 15) is 33.3 Å². The van der Waals surface area contributed by atoms with Gasteiger partial charge in [0.1, 0.15) is 23.2 Å². The van der Waals surface area contributed by atoms with Crippen LogP contribution in [0.1, 0.15) is 11.3 Å². The molecule has 0 spiro atoms. The smallest absolute Gasteiger partial charge is 0.416 e. The van der Waals surface area contributed by atoms with Crippen LogP contribution in [0.2, 0.25) is 0 Å². The van der Waals surface area contributed by atoms with Gasteiger partial charge in [-0.2, -0.15) is 18.4 Å². The molecule has 3 rings (SSSR count). The molecule has 156 valence electrons. The summed E-state index contributed by atoms with van der Waals surface area (Å²) in [4.78, 5) is 22.5. The van der Waals surface area contributed by atoms with Crippen LogP contribution in [0.4, 0.5) is 24.5 Å². The third kappa shape index (κ3) is 5.16. The topological polar surface area (TPSA) is 109 Å². The van der Waals surface area contributed by atoms with E-state index in [0.29, 0.717) is 11.3 Å². The Balaban J connectivity index is 1.78. The second kappa shape index (κ2) is 8.54. The fourth-order valence-electron chi connectivity index (χ4n) is 2.60. The second-order valence-electron chi connectivity index (χ2n) is 6.21. The molecule has 0 saturated carbocycles. The van der Waals surface area contributed by atoms with Crippen molar-refractivity contribution < 1.29 is 27.3 Å². The first kappa shape index (κ1) is 21.3. The zero-order valence-electron chi connectivity index (χ0n) is 15.5. The van der Waals surface area contributed by atoms with E-state index < -0.39 is 22.6 Å². The Kier molecular flexibility index (Phi) is 5.88. The summed E-state index contributed by atoms with van der Waals surface area (Å²) in [5, 5.41) is 22.2. The van der Waals surface area contributed by atoms with Crippen molar-refractivity contribution in [3.63, 3.8) is 0 Å². The molecule has 0 unspecified atom stereocenters. The van der Waals surface area contributed by atoms with Crippen LogP contribution in [0.25, 0.3) is 17.4 Å². The Morgan fingerprint density at radius 2 is 1.84 bits per heavy atom. The highest BCUT2D eigenvalue weighted by atomic mass is 19.4. The third-order valence-electron chi connectivity index (χ3n) is 4.09. The van der Waals surface area contributed by atoms with Gasteiger partial charge in [0.05, 0.1) is 10.5 Å². The number of nitro groups is 1. The van der Waals surface area contributed by atoms with Crippen LogP contribution < -0.4 is 5.32 Å². The largest absolute Gasteiger partial charge is 0.457 e. The number of alkyl halides is 3. The number of anilines is 1. The van der Waals surface area contributed by atoms with Crippen LogP contribution in [0.3, 0.4) is 0 Å². The number of amides is 1. The van der Waals surface area contributed by atoms with Crippen molar-refractivity contribution >= 4 is 23.4 Å². The normalized spacial score (nSPS) is 11.6. The highest BCUT2D eigenvalue weighted by Crippen LogP contribution is 2.31. The molecule has 1 heterocycles. The number of nitrogens with one attached hydrogen (secondary N) is 1. The summed E-state index contributed by atoms with van der Waals surface area (Å²) in [5.74, 6) is -0.420. The van der Waals surface area contributed by atoms with Gasteiger partial charge in [0.15, 0.2) is 0 Å². The second-order valence-corrected chi connectivity index (χ2v) is 6.21. The van der Waals surface area contributed by atoms with Crippen LogP contribution in [0.5, 0.6) is 0 Å². The molecule has 0 radical (unpaired) electrons. The van der Waals surface area contributed by atoms with Gasteiger partial charge in [0.2, 0.25) is 0 Å². The minimum atomic E-state index is -4.57. The summed E-state index contributed by atoms with van der Waals surface area (Å²) in [5.41, 5.74) is -0.994. The van der Waals surface area contributed by atoms with E-state index in [0.717, 1.165) is 24.3 Å². The predicted molar refractivity (Wildman–Crippen MR) is 104 cm³/mol. The van der Waals surface area contributed by atoms with E-state index in [1.807, 2.05) is 0 Å². The van der Waals surface area contributed by atoms with E-state index in [2.05, 4.69) is 5.32 Å². The number of carbonyl (C=O) groups excluding carboxylic acids is 1. The molecule has 1 N–H and O–H groups in total. The van der Waals surface area contributed by atoms with Crippen molar-refractivity contribution in [2.24, 2.45) is 0 Å². The van der Waals surface area contributed by atoms with E-state index in [1.165, 1.54) is 36.4 Å². The van der Waals surface area contributed by atoms with Gasteiger partial charge < -0.3 is 9.73 Å². The lowest BCUT2D eigenvalue weighted by molar-refractivity contribution is -0.384. The SMILES string of the molecule is N#CC(=Cc1ccc(-c2ccc([N+](=O)[O-])cc2)o1)C(=O)Nc1cccc(C(F)(F)F)c1. The number of rotatable bonds is 5. The van der Waals surface area contributed by atoms with Crippen molar-refractivity contribution in [3.05, 3.63) is 87.7 Å². The molecule has 31 heavy (non-hydrogen) atoms. The van der Waals surface area contributed by atoms with Crippen LogP contribution in [-0.4, -0.2) is 10.8 Å². The Morgan fingerprint density at radius 3 is 2.45 bits per heavy atom. The summed E-state index contributed by atoms with van der Waals surface area (Å²) < 4.78 is 43.9. The van der Waals surface area contributed by atoms with Gasteiger partial charge in [-0.25, -0.2) is 0 Å². The molecule has 2 aromatic carbocycles. The summed E-state index contributed by atoms with van der Waals surface area (Å²) in [7, 11) is 0. The van der Waals surface area contributed by atoms with Crippen molar-refractivity contribution in [1.82, 2.24) is 0 Å². The molecular formula is C21H12F3N3O4. The number of nitriles is 1. The zero-order valence-corrected chi connectivity index (χ0v) is 15.5. The molecule has 0 saturated heterocycles. The van der Waals surface area contributed by atoms with Crippen LogP contribution >= 0.6 is 0 Å². The van der Waals surface area contributed by atoms with Gasteiger partial charge in [-0.3, -0.25) is 14.9 Å². The number of nitrogens with zero attached hydrogens (tertiary/aromatic N) is 2. The van der Waals surface area contributed by atoms with Crippen molar-refractivity contribution in [2.75, 3.05) is 5.32 Å². The molecule has 0 bridgehead atoms. The number of benzene rings is 2. The monoisotopic (exact) mass is 427 g/mol. The Hall–Kier alpha value is -4.39. The molecule has 0 atom stereocenters. The number of hydrogen-bond acceptors (Lipinski definition) is 5. The maximum atomic E-state index is 12.8. The molecule has 1 amide bonds. The van der Waals surface area contributed by atoms with Gasteiger partial charge in [-0.05, 0) is 42.5 Å². The fraction of sp³-hybridized carbons (Fsp3) is 0.0476. The third-order valence-corrected chi connectivity index (χ3v) is 4.09. The number of non-ortho nitro benzene ring substituents is 1. The number of nitro benzene ring substituents is 1. The first-order valence-electron chi connectivity index (χ1n) is 8.62. The van der Waals surface area contributed by atoms with E-state index in [1.54, 1.807) is 12.1 Å². The number of furan rings is 1. The lowest BCUT2D eigenvalue weighted by Crippen LogP contribution is -2.14. The Morgan fingerprint density at radius 1 is 1.13 bits per heavy atom. The lowest BCUT2D eigenvalue weighted by atomic mass is 10.1. The molecule has 0 aliphatic carbocycles. The van der Waals surface area contributed by atoms with Crippen LogP contribution in [0, 0.1) is 21.4 Å². The summed E-state index contributed by atoms with van der Waals surface area (Å²) in [6.07, 6.45) is -3.44. The minimum Gasteiger partial charge on any atom is -0.457 e. The molecule has 3 aromatic rings. The maximum Gasteiger partial charge on any atom is 0.416 e. The summed E-state index contributed by atoms with van der Waals surface area (Å²) >= 11 is 0. The van der Waals surface area contributed by atoms with Gasteiger partial charge >= 0.3 is 6.18 Å². The predicted octanol–water partition coefficient (Wildman–Crippen LogP) is 5.42. The van der Waals surface area contributed by atoms with Gasteiger partial charge in [0.25, 0.3) is 11.6 Å². The lowest BCUT2D eigenvalue weighted by Gasteiger charge is -2.09. The van der Waals surface area contributed by atoms with Crippen LogP contribution in [-0.2, 0) is 11.0 Å². The average molecular weight is 427 g/mol. The van der Waals surface area contributed by atoms with Gasteiger partial charge in [-0.1, -0.05) is 6.07 Å². The van der Waals surface area contributed by atoms with E-state index in [-0.39, 0.29) is 22.7 Å². The van der Waals surface area contributed by atoms with Crippen molar-refractivity contribution in [1.29, 1.82) is 5.26 Å². The first-order chi connectivity index (χ1) is 14.7. The molecule has 0 fully saturated rings.